The molecule has 2 amide bonds. The molecule has 2 aromatic carbocycles. The number of halogens is 1. The van der Waals surface area contributed by atoms with Crippen LogP contribution in [0.25, 0.3) is 33.6 Å². The fourth-order valence-electron chi connectivity index (χ4n) is 6.87. The highest BCUT2D eigenvalue weighted by atomic mass is 35.5. The number of H-pyrrole nitrogens is 2. The quantitative estimate of drug-likeness (QED) is 0.178. The molecule has 10 nitrogen and oxygen atoms in total. The zero-order valence-corrected chi connectivity index (χ0v) is 32.1. The molecule has 272 valence electrons. The van der Waals surface area contributed by atoms with Crippen molar-refractivity contribution in [3.05, 3.63) is 71.5 Å². The summed E-state index contributed by atoms with van der Waals surface area (Å²) in [5.41, 5.74) is 4.35. The molecule has 2 saturated carbocycles. The monoisotopic (exact) mass is 714 g/mol. The van der Waals surface area contributed by atoms with Crippen molar-refractivity contribution in [1.82, 2.24) is 29.7 Å². The van der Waals surface area contributed by atoms with Gasteiger partial charge < -0.3 is 19.4 Å². The third-order valence-electron chi connectivity index (χ3n) is 10.2. The summed E-state index contributed by atoms with van der Waals surface area (Å²) >= 11 is 6.65. The number of carbonyl (C=O) groups excluding carboxylic acids is 2. The molecule has 51 heavy (non-hydrogen) atoms. The molecule has 0 bridgehead atoms. The van der Waals surface area contributed by atoms with Crippen molar-refractivity contribution in [2.75, 3.05) is 0 Å². The van der Waals surface area contributed by atoms with E-state index < -0.39 is 11.2 Å². The number of nitrogens with one attached hydrogen (secondary N) is 2. The first kappa shape index (κ1) is 36.5. The van der Waals surface area contributed by atoms with Crippen LogP contribution in [0.2, 0.25) is 5.15 Å². The summed E-state index contributed by atoms with van der Waals surface area (Å²) in [5, 5.41) is 0.428. The second-order valence-corrected chi connectivity index (χ2v) is 16.8. The van der Waals surface area contributed by atoms with E-state index in [-0.39, 0.29) is 30.8 Å². The summed E-state index contributed by atoms with van der Waals surface area (Å²) < 4.78 is 11.4. The van der Waals surface area contributed by atoms with Gasteiger partial charge in [-0.3, -0.25) is 9.80 Å². The zero-order chi connectivity index (χ0) is 37.0. The highest BCUT2D eigenvalue weighted by Crippen LogP contribution is 2.44. The molecule has 4 aromatic rings. The van der Waals surface area contributed by atoms with E-state index in [2.05, 4.69) is 79.0 Å². The van der Waals surface area contributed by atoms with Crippen molar-refractivity contribution in [3.63, 3.8) is 0 Å². The van der Waals surface area contributed by atoms with E-state index in [1.807, 2.05) is 59.9 Å². The Kier molecular flexibility index (Phi) is 9.78. The van der Waals surface area contributed by atoms with Gasteiger partial charge in [0.05, 0.1) is 25.0 Å². The fourth-order valence-corrected chi connectivity index (χ4v) is 7.13. The Bertz CT molecular complexity index is 1850. The molecule has 2 aromatic heterocycles. The maximum Gasteiger partial charge on any atom is 0.410 e. The van der Waals surface area contributed by atoms with Gasteiger partial charge in [-0.05, 0) is 81.9 Å². The van der Waals surface area contributed by atoms with Crippen LogP contribution in [0.5, 0.6) is 0 Å². The lowest BCUT2D eigenvalue weighted by atomic mass is 10.0. The van der Waals surface area contributed by atoms with Gasteiger partial charge >= 0.3 is 12.2 Å². The molecule has 2 N–H and O–H groups in total. The molecule has 2 fully saturated rings. The van der Waals surface area contributed by atoms with Crippen LogP contribution in [0.3, 0.4) is 0 Å². The number of aromatic nitrogens is 4. The second kappa shape index (κ2) is 13.7. The normalized spacial score (nSPS) is 22.7. The van der Waals surface area contributed by atoms with Crippen LogP contribution in [0.1, 0.15) is 80.9 Å². The third kappa shape index (κ3) is 8.27. The summed E-state index contributed by atoms with van der Waals surface area (Å²) in [6.45, 7) is 20.6. The number of nitrogens with zero attached hydrogens (tertiary/aromatic N) is 4. The van der Waals surface area contributed by atoms with Crippen LogP contribution in [0.15, 0.2) is 54.7 Å². The summed E-state index contributed by atoms with van der Waals surface area (Å²) in [6.07, 6.45) is 1.16. The smallest absolute Gasteiger partial charge is 0.410 e. The maximum atomic E-state index is 13.1. The van der Waals surface area contributed by atoms with Gasteiger partial charge in [0.1, 0.15) is 33.7 Å². The van der Waals surface area contributed by atoms with E-state index in [9.17, 15) is 9.59 Å². The van der Waals surface area contributed by atoms with Crippen LogP contribution in [0.4, 0.5) is 9.59 Å². The number of rotatable bonds is 9. The minimum Gasteiger partial charge on any atom is -0.444 e. The molecule has 6 rings (SSSR count). The number of carbonyl (C=O) groups is 2. The molecule has 0 aliphatic heterocycles. The number of benzene rings is 2. The van der Waals surface area contributed by atoms with Gasteiger partial charge in [0.25, 0.3) is 0 Å². The number of amides is 2. The van der Waals surface area contributed by atoms with E-state index in [4.69, 9.17) is 26.1 Å². The van der Waals surface area contributed by atoms with Crippen molar-refractivity contribution >= 4 is 23.8 Å². The molecule has 2 heterocycles. The van der Waals surface area contributed by atoms with Gasteiger partial charge in [-0.15, -0.1) is 0 Å². The molecule has 0 saturated heterocycles. The molecule has 2 aliphatic rings. The lowest BCUT2D eigenvalue weighted by Crippen LogP contribution is -2.39. The average molecular weight is 715 g/mol. The molecular formula is C40H51ClN6O4. The highest BCUT2D eigenvalue weighted by molar-refractivity contribution is 6.31. The highest BCUT2D eigenvalue weighted by Gasteiger charge is 2.51. The Balaban J connectivity index is 1.12. The molecule has 0 radical (unpaired) electrons. The first-order chi connectivity index (χ1) is 23.9. The Labute approximate surface area is 306 Å². The number of aromatic amines is 2. The molecule has 0 spiro atoms. The van der Waals surface area contributed by atoms with Crippen molar-refractivity contribution in [3.8, 4) is 33.6 Å². The predicted octanol–water partition coefficient (Wildman–Crippen LogP) is 9.57. The number of imidazole rings is 2. The van der Waals surface area contributed by atoms with Crippen LogP contribution in [-0.4, -0.2) is 65.2 Å². The fraction of sp³-hybridized carbons (Fsp3) is 0.500. The molecular weight excluding hydrogens is 664 g/mol. The predicted molar refractivity (Wildman–Crippen MR) is 200 cm³/mol. The Hall–Kier alpha value is -4.31. The van der Waals surface area contributed by atoms with Gasteiger partial charge in [-0.2, -0.15) is 0 Å². The third-order valence-corrected chi connectivity index (χ3v) is 10.4. The lowest BCUT2D eigenvalue weighted by Gasteiger charge is -2.27. The SMILES string of the molecule is C[C@@H]1C(N(Cc2ncc(-c3ccc(-c4ccc(-c5nc(CN(C(=O)OC(C)(C)C)C6[C@@H](C)[C@H]6C)[nH]c5Cl)cc4)cc3)[nH]2)C(=O)OC(C)(C)C)[C@@H]1C. The Morgan fingerprint density at radius 3 is 1.51 bits per heavy atom. The summed E-state index contributed by atoms with van der Waals surface area (Å²) in [4.78, 5) is 45.8. The molecule has 2 aliphatic carbocycles. The second-order valence-electron chi connectivity index (χ2n) is 16.4. The van der Waals surface area contributed by atoms with Crippen LogP contribution >= 0.6 is 11.6 Å². The van der Waals surface area contributed by atoms with Crippen molar-refractivity contribution in [2.24, 2.45) is 23.7 Å². The Morgan fingerprint density at radius 1 is 0.667 bits per heavy atom. The van der Waals surface area contributed by atoms with E-state index >= 15 is 0 Å². The first-order valence-corrected chi connectivity index (χ1v) is 18.3. The number of hydrogen-bond acceptors (Lipinski definition) is 6. The number of hydrogen-bond donors (Lipinski definition) is 2. The summed E-state index contributed by atoms with van der Waals surface area (Å²) in [6, 6.07) is 16.6. The van der Waals surface area contributed by atoms with Crippen molar-refractivity contribution in [1.29, 1.82) is 0 Å². The zero-order valence-electron chi connectivity index (χ0n) is 31.4. The van der Waals surface area contributed by atoms with Gasteiger partial charge in [0, 0.05) is 17.6 Å². The van der Waals surface area contributed by atoms with Gasteiger partial charge in [-0.1, -0.05) is 87.8 Å². The average Bonchev–Trinajstić information content (AvgIpc) is 3.60. The van der Waals surface area contributed by atoms with E-state index in [1.165, 1.54) is 0 Å². The maximum absolute atomic E-state index is 13.1. The first-order valence-electron chi connectivity index (χ1n) is 17.9. The topological polar surface area (TPSA) is 116 Å². The summed E-state index contributed by atoms with van der Waals surface area (Å²) in [5.74, 6) is 2.96. The van der Waals surface area contributed by atoms with E-state index in [1.54, 1.807) is 9.80 Å². The van der Waals surface area contributed by atoms with E-state index in [0.717, 1.165) is 33.8 Å². The summed E-state index contributed by atoms with van der Waals surface area (Å²) in [7, 11) is 0. The number of ether oxygens (including phenoxy) is 2. The van der Waals surface area contributed by atoms with Crippen LogP contribution in [0, 0.1) is 23.7 Å². The Morgan fingerprint density at radius 2 is 1.08 bits per heavy atom. The standard InChI is InChI=1S/C40H51ClN6O4/c1-22-23(2)34(22)46(37(48)50-39(5,6)7)20-31-42-19-30(43-31)28-15-11-26(12-16-28)27-13-17-29(18-14-27)33-36(41)45-32(44-33)21-47(35-24(3)25(35)4)38(49)51-40(8,9)10/h11-19,22-25,34-35H,20-21H2,1-10H3,(H,42,43)(H,44,45)/t22-,23+,24-,25+,34?,35?. The lowest BCUT2D eigenvalue weighted by molar-refractivity contribution is 0.0186. The van der Waals surface area contributed by atoms with Gasteiger partial charge in [0.15, 0.2) is 0 Å². The van der Waals surface area contributed by atoms with Crippen molar-refractivity contribution in [2.45, 2.75) is 106 Å². The van der Waals surface area contributed by atoms with Gasteiger partial charge in [-0.25, -0.2) is 19.6 Å². The van der Waals surface area contributed by atoms with Crippen molar-refractivity contribution < 1.29 is 19.1 Å². The minimum atomic E-state index is -0.590. The van der Waals surface area contributed by atoms with Gasteiger partial charge in [0.2, 0.25) is 0 Å². The molecule has 11 heteroatoms. The molecule has 6 atom stereocenters. The largest absolute Gasteiger partial charge is 0.444 e. The minimum absolute atomic E-state index is 0.0999. The van der Waals surface area contributed by atoms with Crippen LogP contribution in [-0.2, 0) is 22.6 Å². The molecule has 2 unspecified atom stereocenters. The van der Waals surface area contributed by atoms with Crippen LogP contribution < -0.4 is 0 Å². The van der Waals surface area contributed by atoms with E-state index in [0.29, 0.717) is 46.9 Å².